The fourth-order valence-corrected chi connectivity index (χ4v) is 3.05. The lowest BCUT2D eigenvalue weighted by atomic mass is 10.2. The predicted molar refractivity (Wildman–Crippen MR) is 87.4 cm³/mol. The van der Waals surface area contributed by atoms with Crippen molar-refractivity contribution < 1.29 is 4.74 Å². The van der Waals surface area contributed by atoms with E-state index in [0.29, 0.717) is 12.4 Å². The number of pyridine rings is 1. The summed E-state index contributed by atoms with van der Waals surface area (Å²) < 4.78 is 7.51. The Morgan fingerprint density at radius 2 is 2.13 bits per heavy atom. The molecule has 0 aliphatic carbocycles. The minimum absolute atomic E-state index is 0.320. The molecule has 6 nitrogen and oxygen atoms in total. The Morgan fingerprint density at radius 3 is 2.96 bits per heavy atom. The van der Waals surface area contributed by atoms with Gasteiger partial charge >= 0.3 is 0 Å². The highest BCUT2D eigenvalue weighted by molar-refractivity contribution is 7.19. The molecule has 0 fully saturated rings. The maximum Gasteiger partial charge on any atom is 0.235 e. The van der Waals surface area contributed by atoms with E-state index in [-0.39, 0.29) is 0 Å². The third kappa shape index (κ3) is 2.78. The van der Waals surface area contributed by atoms with Crippen molar-refractivity contribution >= 4 is 16.3 Å². The van der Waals surface area contributed by atoms with Crippen LogP contribution in [0.5, 0.6) is 5.75 Å². The van der Waals surface area contributed by atoms with Crippen LogP contribution in [0.2, 0.25) is 0 Å². The highest BCUT2D eigenvalue weighted by Gasteiger charge is 2.13. The van der Waals surface area contributed by atoms with Gasteiger partial charge in [0.25, 0.3) is 0 Å². The van der Waals surface area contributed by atoms with E-state index in [1.807, 2.05) is 43.3 Å². The SMILES string of the molecule is Cc1cccc(OCc2nnc3sc(-c4cccnc4)nn23)c1. The van der Waals surface area contributed by atoms with Crippen LogP contribution in [-0.4, -0.2) is 24.8 Å². The molecule has 3 aromatic heterocycles. The smallest absolute Gasteiger partial charge is 0.235 e. The average molecular weight is 323 g/mol. The van der Waals surface area contributed by atoms with Crippen LogP contribution in [0.3, 0.4) is 0 Å². The molecule has 0 N–H and O–H groups in total. The molecule has 0 saturated heterocycles. The molecule has 4 aromatic rings. The number of aromatic nitrogens is 5. The molecule has 0 atom stereocenters. The van der Waals surface area contributed by atoms with Crippen molar-refractivity contribution in [1.29, 1.82) is 0 Å². The first-order valence-corrected chi connectivity index (χ1v) is 7.92. The van der Waals surface area contributed by atoms with Crippen molar-refractivity contribution in [2.75, 3.05) is 0 Å². The Labute approximate surface area is 136 Å². The van der Waals surface area contributed by atoms with Gasteiger partial charge in [-0.2, -0.15) is 9.61 Å². The zero-order valence-corrected chi connectivity index (χ0v) is 13.2. The summed E-state index contributed by atoms with van der Waals surface area (Å²) in [6.07, 6.45) is 3.53. The van der Waals surface area contributed by atoms with Crippen LogP contribution in [0, 0.1) is 6.92 Å². The second kappa shape index (κ2) is 5.77. The number of benzene rings is 1. The van der Waals surface area contributed by atoms with Crippen molar-refractivity contribution in [3.8, 4) is 16.3 Å². The van der Waals surface area contributed by atoms with Crippen LogP contribution in [0.15, 0.2) is 48.8 Å². The quantitative estimate of drug-likeness (QED) is 0.577. The van der Waals surface area contributed by atoms with Gasteiger partial charge < -0.3 is 4.74 Å². The molecule has 3 heterocycles. The molecule has 23 heavy (non-hydrogen) atoms. The summed E-state index contributed by atoms with van der Waals surface area (Å²) in [5.74, 6) is 1.48. The van der Waals surface area contributed by atoms with Gasteiger partial charge in [-0.3, -0.25) is 4.98 Å². The summed E-state index contributed by atoms with van der Waals surface area (Å²) in [6.45, 7) is 2.35. The first-order valence-electron chi connectivity index (χ1n) is 7.10. The molecule has 0 saturated carbocycles. The fraction of sp³-hybridized carbons (Fsp3) is 0.125. The van der Waals surface area contributed by atoms with Crippen molar-refractivity contribution in [3.05, 3.63) is 60.2 Å². The monoisotopic (exact) mass is 323 g/mol. The van der Waals surface area contributed by atoms with Crippen LogP contribution < -0.4 is 4.74 Å². The van der Waals surface area contributed by atoms with Gasteiger partial charge in [0.05, 0.1) is 0 Å². The summed E-state index contributed by atoms with van der Waals surface area (Å²) in [5.41, 5.74) is 2.12. The first-order chi connectivity index (χ1) is 11.3. The molecule has 114 valence electrons. The van der Waals surface area contributed by atoms with Crippen molar-refractivity contribution in [2.45, 2.75) is 13.5 Å². The summed E-state index contributed by atoms with van der Waals surface area (Å²) in [4.78, 5) is 4.86. The lowest BCUT2D eigenvalue weighted by molar-refractivity contribution is 0.292. The summed E-state index contributed by atoms with van der Waals surface area (Å²) >= 11 is 1.48. The van der Waals surface area contributed by atoms with Gasteiger partial charge in [0.15, 0.2) is 5.82 Å². The number of fused-ring (bicyclic) bond motifs is 1. The Morgan fingerprint density at radius 1 is 1.17 bits per heavy atom. The van der Waals surface area contributed by atoms with Crippen molar-refractivity contribution in [3.63, 3.8) is 0 Å². The molecular weight excluding hydrogens is 310 g/mol. The van der Waals surface area contributed by atoms with E-state index in [2.05, 4.69) is 20.3 Å². The van der Waals surface area contributed by atoms with E-state index in [4.69, 9.17) is 4.74 Å². The van der Waals surface area contributed by atoms with Crippen molar-refractivity contribution in [1.82, 2.24) is 24.8 Å². The first kappa shape index (κ1) is 13.8. The molecule has 0 unspecified atom stereocenters. The summed E-state index contributed by atoms with van der Waals surface area (Å²) in [7, 11) is 0. The molecule has 0 radical (unpaired) electrons. The second-order valence-corrected chi connectivity index (χ2v) is 6.02. The molecule has 0 aliphatic heterocycles. The Bertz CT molecular complexity index is 947. The number of hydrogen-bond acceptors (Lipinski definition) is 6. The van der Waals surface area contributed by atoms with Crippen LogP contribution in [0.1, 0.15) is 11.4 Å². The minimum Gasteiger partial charge on any atom is -0.486 e. The van der Waals surface area contributed by atoms with Gasteiger partial charge in [0.2, 0.25) is 4.96 Å². The molecule has 1 aromatic carbocycles. The standard InChI is InChI=1S/C16H13N5OS/c1-11-4-2-6-13(8-11)22-10-14-18-19-16-21(14)20-15(23-16)12-5-3-7-17-9-12/h2-9H,10H2,1H3. The number of rotatable bonds is 4. The topological polar surface area (TPSA) is 65.2 Å². The number of nitrogens with zero attached hydrogens (tertiary/aromatic N) is 5. The van der Waals surface area contributed by atoms with Gasteiger partial charge in [0, 0.05) is 18.0 Å². The molecule has 4 rings (SSSR count). The van der Waals surface area contributed by atoms with E-state index >= 15 is 0 Å². The normalized spacial score (nSPS) is 11.0. The van der Waals surface area contributed by atoms with Crippen LogP contribution in [-0.2, 0) is 6.61 Å². The van der Waals surface area contributed by atoms with E-state index in [0.717, 1.165) is 26.8 Å². The highest BCUT2D eigenvalue weighted by atomic mass is 32.1. The van der Waals surface area contributed by atoms with E-state index in [1.165, 1.54) is 11.3 Å². The van der Waals surface area contributed by atoms with Gasteiger partial charge in [-0.1, -0.05) is 23.5 Å². The number of ether oxygens (including phenoxy) is 1. The molecule has 0 amide bonds. The van der Waals surface area contributed by atoms with Gasteiger partial charge in [-0.05, 0) is 36.8 Å². The minimum atomic E-state index is 0.320. The Hall–Kier alpha value is -2.80. The van der Waals surface area contributed by atoms with E-state index in [1.54, 1.807) is 16.9 Å². The third-order valence-corrected chi connectivity index (χ3v) is 4.27. The zero-order chi connectivity index (χ0) is 15.6. The van der Waals surface area contributed by atoms with Gasteiger partial charge in [-0.25, -0.2) is 0 Å². The predicted octanol–water partition coefficient (Wildman–Crippen LogP) is 3.14. The van der Waals surface area contributed by atoms with Crippen molar-refractivity contribution in [2.24, 2.45) is 0 Å². The van der Waals surface area contributed by atoms with E-state index < -0.39 is 0 Å². The number of aryl methyl sites for hydroxylation is 1. The maximum absolute atomic E-state index is 5.78. The largest absolute Gasteiger partial charge is 0.486 e. The van der Waals surface area contributed by atoms with E-state index in [9.17, 15) is 0 Å². The molecular formula is C16H13N5OS. The van der Waals surface area contributed by atoms with Gasteiger partial charge in [-0.15, -0.1) is 10.2 Å². The maximum atomic E-state index is 5.78. The Kier molecular flexibility index (Phi) is 3.47. The summed E-state index contributed by atoms with van der Waals surface area (Å²) in [6, 6.07) is 11.8. The molecule has 0 aliphatic rings. The highest BCUT2D eigenvalue weighted by Crippen LogP contribution is 2.24. The zero-order valence-electron chi connectivity index (χ0n) is 12.4. The van der Waals surface area contributed by atoms with Crippen LogP contribution in [0.25, 0.3) is 15.5 Å². The Balaban J connectivity index is 1.60. The fourth-order valence-electron chi connectivity index (χ4n) is 2.21. The number of hydrogen-bond donors (Lipinski definition) is 0. The average Bonchev–Trinajstić information content (AvgIpc) is 3.15. The van der Waals surface area contributed by atoms with Gasteiger partial charge in [0.1, 0.15) is 17.4 Å². The lowest BCUT2D eigenvalue weighted by Crippen LogP contribution is -2.02. The molecule has 0 bridgehead atoms. The lowest BCUT2D eigenvalue weighted by Gasteiger charge is -2.04. The van der Waals surface area contributed by atoms with Crippen LogP contribution >= 0.6 is 11.3 Å². The molecule has 0 spiro atoms. The summed E-state index contributed by atoms with van der Waals surface area (Å²) in [5, 5.41) is 13.7. The van der Waals surface area contributed by atoms with Crippen LogP contribution in [0.4, 0.5) is 0 Å². The third-order valence-electron chi connectivity index (χ3n) is 3.32. The second-order valence-electron chi connectivity index (χ2n) is 5.06. The molecule has 7 heteroatoms.